The number of nitrogens with zero attached hydrogens (tertiary/aromatic N) is 2. The molecule has 1 N–H and O–H groups in total. The fourth-order valence-electron chi connectivity index (χ4n) is 1.95. The third-order valence-corrected chi connectivity index (χ3v) is 3.45. The number of nitrogens with one attached hydrogen (secondary N) is 1. The van der Waals surface area contributed by atoms with E-state index in [4.69, 9.17) is 4.74 Å². The summed E-state index contributed by atoms with van der Waals surface area (Å²) in [6.07, 6.45) is 1.13. The number of ether oxygens (including phenoxy) is 1. The van der Waals surface area contributed by atoms with Crippen LogP contribution in [-0.2, 0) is 6.54 Å². The maximum Gasteiger partial charge on any atom is 0.193 e. The molecule has 0 saturated heterocycles. The summed E-state index contributed by atoms with van der Waals surface area (Å²) in [5.41, 5.74) is 1.13. The summed E-state index contributed by atoms with van der Waals surface area (Å²) < 4.78 is 6.39. The van der Waals surface area contributed by atoms with Gasteiger partial charge in [-0.25, -0.2) is 0 Å². The maximum atomic E-state index is 5.37. The number of halogens is 1. The first-order chi connectivity index (χ1) is 8.70. The highest BCUT2D eigenvalue weighted by Crippen LogP contribution is 2.23. The van der Waals surface area contributed by atoms with Gasteiger partial charge in [0.2, 0.25) is 0 Å². The van der Waals surface area contributed by atoms with Crippen LogP contribution < -0.4 is 10.1 Å². The Morgan fingerprint density at radius 3 is 3.06 bits per heavy atom. The third kappa shape index (κ3) is 3.16. The van der Waals surface area contributed by atoms with Crippen LogP contribution in [0.3, 0.4) is 0 Å². The molecule has 1 heterocycles. The summed E-state index contributed by atoms with van der Waals surface area (Å²) in [4.78, 5) is 6.63. The Bertz CT molecular complexity index is 448. The molecular formula is C13H18BrN3O. The monoisotopic (exact) mass is 311 g/mol. The highest BCUT2D eigenvalue weighted by Gasteiger charge is 2.11. The van der Waals surface area contributed by atoms with Crippen molar-refractivity contribution < 1.29 is 4.74 Å². The summed E-state index contributed by atoms with van der Waals surface area (Å²) >= 11 is 3.44. The van der Waals surface area contributed by atoms with E-state index in [0.717, 1.165) is 47.8 Å². The first kappa shape index (κ1) is 13.2. The number of methoxy groups -OCH3 is 1. The van der Waals surface area contributed by atoms with Crippen LogP contribution in [0.15, 0.2) is 27.7 Å². The van der Waals surface area contributed by atoms with Crippen molar-refractivity contribution in [3.63, 3.8) is 0 Å². The molecule has 0 aromatic heterocycles. The number of guanidine groups is 1. The van der Waals surface area contributed by atoms with E-state index in [1.807, 2.05) is 12.1 Å². The molecule has 0 aliphatic carbocycles. The summed E-state index contributed by atoms with van der Waals surface area (Å²) in [5, 5.41) is 3.36. The molecule has 0 unspecified atom stereocenters. The molecule has 0 radical (unpaired) electrons. The minimum atomic E-state index is 0.722. The molecule has 5 heteroatoms. The van der Waals surface area contributed by atoms with Crippen LogP contribution in [0.25, 0.3) is 0 Å². The van der Waals surface area contributed by atoms with Crippen LogP contribution in [0.4, 0.5) is 0 Å². The van der Waals surface area contributed by atoms with E-state index in [-0.39, 0.29) is 0 Å². The van der Waals surface area contributed by atoms with E-state index in [1.165, 1.54) is 0 Å². The highest BCUT2D eigenvalue weighted by atomic mass is 79.9. The van der Waals surface area contributed by atoms with Crippen molar-refractivity contribution in [1.82, 2.24) is 10.2 Å². The zero-order chi connectivity index (χ0) is 13.0. The molecule has 0 saturated carbocycles. The van der Waals surface area contributed by atoms with Gasteiger partial charge in [-0.05, 0) is 18.6 Å². The van der Waals surface area contributed by atoms with Crippen molar-refractivity contribution in [1.29, 1.82) is 0 Å². The van der Waals surface area contributed by atoms with Crippen LogP contribution in [0.1, 0.15) is 12.0 Å². The Balaban J connectivity index is 2.03. The number of benzene rings is 1. The standard InChI is InChI=1S/C13H18BrN3O/c1-17-7-3-6-15-13(17)16-9-10-4-5-11(14)8-12(10)18-2/h4-5,8H,3,6-7,9H2,1-2H3,(H,15,16). The Morgan fingerprint density at radius 1 is 1.50 bits per heavy atom. The predicted octanol–water partition coefficient (Wildman–Crippen LogP) is 2.24. The number of hydrogen-bond acceptors (Lipinski definition) is 4. The normalized spacial score (nSPS) is 15.3. The lowest BCUT2D eigenvalue weighted by molar-refractivity contribution is 0.407. The van der Waals surface area contributed by atoms with Gasteiger partial charge in [-0.2, -0.15) is 0 Å². The fourth-order valence-corrected chi connectivity index (χ4v) is 2.29. The van der Waals surface area contributed by atoms with Crippen LogP contribution in [0, 0.1) is 0 Å². The molecule has 0 atom stereocenters. The van der Waals surface area contributed by atoms with E-state index < -0.39 is 0 Å². The van der Waals surface area contributed by atoms with Gasteiger partial charge >= 0.3 is 0 Å². The average molecular weight is 312 g/mol. The second kappa shape index (κ2) is 6.09. The molecule has 4 nitrogen and oxygen atoms in total. The summed E-state index contributed by atoms with van der Waals surface area (Å²) in [7, 11) is 3.75. The highest BCUT2D eigenvalue weighted by molar-refractivity contribution is 9.10. The van der Waals surface area contributed by atoms with Crippen molar-refractivity contribution in [2.75, 3.05) is 27.2 Å². The molecule has 1 aliphatic rings. The fraction of sp³-hybridized carbons (Fsp3) is 0.462. The first-order valence-electron chi connectivity index (χ1n) is 6.02. The SMILES string of the molecule is COc1cc(Br)ccc1CNC1=NCCCN1C. The predicted molar refractivity (Wildman–Crippen MR) is 77.1 cm³/mol. The number of aliphatic imine (C=N–C) groups is 1. The van der Waals surface area contributed by atoms with Crippen molar-refractivity contribution in [2.45, 2.75) is 13.0 Å². The molecule has 0 amide bonds. The molecule has 18 heavy (non-hydrogen) atoms. The Labute approximate surface area is 116 Å². The van der Waals surface area contributed by atoms with E-state index in [9.17, 15) is 0 Å². The lowest BCUT2D eigenvalue weighted by Crippen LogP contribution is -2.41. The quantitative estimate of drug-likeness (QED) is 0.930. The smallest absolute Gasteiger partial charge is 0.193 e. The Hall–Kier alpha value is -1.23. The summed E-state index contributed by atoms with van der Waals surface area (Å²) in [6, 6.07) is 6.05. The zero-order valence-corrected chi connectivity index (χ0v) is 12.3. The second-order valence-corrected chi connectivity index (χ2v) is 5.21. The van der Waals surface area contributed by atoms with E-state index in [0.29, 0.717) is 0 Å². The lowest BCUT2D eigenvalue weighted by atomic mass is 10.2. The Kier molecular flexibility index (Phi) is 4.47. The molecule has 2 rings (SSSR count). The zero-order valence-electron chi connectivity index (χ0n) is 10.7. The number of hydrogen-bond donors (Lipinski definition) is 1. The van der Waals surface area contributed by atoms with Gasteiger partial charge in [-0.15, -0.1) is 0 Å². The van der Waals surface area contributed by atoms with Crippen molar-refractivity contribution in [3.8, 4) is 5.75 Å². The third-order valence-electron chi connectivity index (χ3n) is 2.96. The molecule has 1 aliphatic heterocycles. The van der Waals surface area contributed by atoms with Gasteiger partial charge in [-0.1, -0.05) is 22.0 Å². The van der Waals surface area contributed by atoms with E-state index >= 15 is 0 Å². The van der Waals surface area contributed by atoms with Crippen molar-refractivity contribution in [2.24, 2.45) is 4.99 Å². The summed E-state index contributed by atoms with van der Waals surface area (Å²) in [5.74, 6) is 1.85. The van der Waals surface area contributed by atoms with Gasteiger partial charge < -0.3 is 15.0 Å². The van der Waals surface area contributed by atoms with Gasteiger partial charge in [0.25, 0.3) is 0 Å². The number of rotatable bonds is 3. The van der Waals surface area contributed by atoms with Crippen LogP contribution in [-0.4, -0.2) is 38.1 Å². The van der Waals surface area contributed by atoms with Crippen LogP contribution in [0.5, 0.6) is 5.75 Å². The van der Waals surface area contributed by atoms with Gasteiger partial charge in [0.05, 0.1) is 7.11 Å². The molecular weight excluding hydrogens is 294 g/mol. The molecule has 0 bridgehead atoms. The van der Waals surface area contributed by atoms with Crippen molar-refractivity contribution >= 4 is 21.9 Å². The average Bonchev–Trinajstić information content (AvgIpc) is 2.39. The minimum Gasteiger partial charge on any atom is -0.496 e. The van der Waals surface area contributed by atoms with Crippen LogP contribution >= 0.6 is 15.9 Å². The van der Waals surface area contributed by atoms with Gasteiger partial charge in [0.15, 0.2) is 5.96 Å². The summed E-state index contributed by atoms with van der Waals surface area (Å²) in [6.45, 7) is 2.69. The second-order valence-electron chi connectivity index (χ2n) is 4.29. The molecule has 98 valence electrons. The molecule has 1 aromatic rings. The van der Waals surface area contributed by atoms with E-state index in [2.05, 4.69) is 44.3 Å². The molecule has 0 spiro atoms. The largest absolute Gasteiger partial charge is 0.496 e. The lowest BCUT2D eigenvalue weighted by Gasteiger charge is -2.25. The van der Waals surface area contributed by atoms with Gasteiger partial charge in [0, 0.05) is 36.7 Å². The maximum absolute atomic E-state index is 5.37. The van der Waals surface area contributed by atoms with E-state index in [1.54, 1.807) is 7.11 Å². The Morgan fingerprint density at radius 2 is 2.33 bits per heavy atom. The van der Waals surface area contributed by atoms with Gasteiger partial charge in [-0.3, -0.25) is 4.99 Å². The van der Waals surface area contributed by atoms with Gasteiger partial charge in [0.1, 0.15) is 5.75 Å². The minimum absolute atomic E-state index is 0.722. The molecule has 0 fully saturated rings. The first-order valence-corrected chi connectivity index (χ1v) is 6.82. The van der Waals surface area contributed by atoms with Crippen molar-refractivity contribution in [3.05, 3.63) is 28.2 Å². The van der Waals surface area contributed by atoms with Crippen LogP contribution in [0.2, 0.25) is 0 Å². The molecule has 1 aromatic carbocycles. The topological polar surface area (TPSA) is 36.9 Å².